The Hall–Kier alpha value is -1.81. The average molecular weight is 347 g/mol. The lowest BCUT2D eigenvalue weighted by molar-refractivity contribution is 0.0956. The Morgan fingerprint density at radius 2 is 1.95 bits per heavy atom. The number of aryl methyl sites for hydroxylation is 1. The summed E-state index contributed by atoms with van der Waals surface area (Å²) in [6.45, 7) is 5.29. The van der Waals surface area contributed by atoms with Gasteiger partial charge in [0.25, 0.3) is 5.91 Å². The van der Waals surface area contributed by atoms with E-state index >= 15 is 0 Å². The van der Waals surface area contributed by atoms with E-state index in [4.69, 9.17) is 0 Å². The van der Waals surface area contributed by atoms with E-state index in [0.29, 0.717) is 18.7 Å². The van der Waals surface area contributed by atoms with Gasteiger partial charge in [0, 0.05) is 28.8 Å². The number of benzene rings is 2. The van der Waals surface area contributed by atoms with Crippen LogP contribution in [-0.4, -0.2) is 12.5 Å². The summed E-state index contributed by atoms with van der Waals surface area (Å²) in [6, 6.07) is 13.8. The molecule has 4 heteroatoms. The molecule has 0 radical (unpaired) electrons. The first-order chi connectivity index (χ1) is 10.1. The van der Waals surface area contributed by atoms with Gasteiger partial charge < -0.3 is 10.6 Å². The van der Waals surface area contributed by atoms with E-state index in [-0.39, 0.29) is 5.91 Å². The van der Waals surface area contributed by atoms with Crippen molar-refractivity contribution in [3.63, 3.8) is 0 Å². The number of hydrogen-bond acceptors (Lipinski definition) is 2. The van der Waals surface area contributed by atoms with Crippen molar-refractivity contribution in [1.82, 2.24) is 5.32 Å². The molecule has 3 nitrogen and oxygen atoms in total. The maximum atomic E-state index is 11.9. The molecular formula is C17H19BrN2O. The van der Waals surface area contributed by atoms with E-state index in [1.165, 1.54) is 5.56 Å². The Labute approximate surface area is 133 Å². The van der Waals surface area contributed by atoms with E-state index in [1.54, 1.807) is 0 Å². The summed E-state index contributed by atoms with van der Waals surface area (Å²) in [5, 5.41) is 6.21. The molecule has 0 aliphatic rings. The summed E-state index contributed by atoms with van der Waals surface area (Å²) in [4.78, 5) is 11.9. The summed E-state index contributed by atoms with van der Waals surface area (Å²) in [5.41, 5.74) is 3.96. The van der Waals surface area contributed by atoms with E-state index in [0.717, 1.165) is 15.7 Å². The van der Waals surface area contributed by atoms with E-state index in [1.807, 2.05) is 50.2 Å². The van der Waals surface area contributed by atoms with Crippen molar-refractivity contribution in [2.75, 3.05) is 11.9 Å². The molecule has 2 aromatic rings. The van der Waals surface area contributed by atoms with Crippen molar-refractivity contribution < 1.29 is 4.79 Å². The molecule has 0 spiro atoms. The van der Waals surface area contributed by atoms with E-state index in [2.05, 4.69) is 32.6 Å². The second-order valence-electron chi connectivity index (χ2n) is 4.83. The van der Waals surface area contributed by atoms with Crippen LogP contribution in [0.3, 0.4) is 0 Å². The number of carbonyl (C=O) groups is 1. The molecule has 110 valence electrons. The van der Waals surface area contributed by atoms with Crippen LogP contribution in [0.1, 0.15) is 28.4 Å². The number of rotatable bonds is 5. The van der Waals surface area contributed by atoms with Crippen LogP contribution < -0.4 is 10.6 Å². The minimum Gasteiger partial charge on any atom is -0.381 e. The monoisotopic (exact) mass is 346 g/mol. The number of anilines is 1. The maximum Gasteiger partial charge on any atom is 0.251 e. The predicted octanol–water partition coefficient (Wildman–Crippen LogP) is 4.12. The van der Waals surface area contributed by atoms with E-state index in [9.17, 15) is 4.79 Å². The minimum atomic E-state index is -0.0403. The summed E-state index contributed by atoms with van der Waals surface area (Å²) in [5.74, 6) is -0.0403. The highest BCUT2D eigenvalue weighted by atomic mass is 79.9. The van der Waals surface area contributed by atoms with Crippen LogP contribution in [0.5, 0.6) is 0 Å². The zero-order valence-corrected chi connectivity index (χ0v) is 13.8. The lowest BCUT2D eigenvalue weighted by Gasteiger charge is -2.12. The Morgan fingerprint density at radius 3 is 2.67 bits per heavy atom. The number of halogens is 1. The predicted molar refractivity (Wildman–Crippen MR) is 90.7 cm³/mol. The van der Waals surface area contributed by atoms with Gasteiger partial charge in [0.15, 0.2) is 0 Å². The fourth-order valence-electron chi connectivity index (χ4n) is 2.05. The van der Waals surface area contributed by atoms with Gasteiger partial charge in [-0.05, 0) is 43.2 Å². The van der Waals surface area contributed by atoms with Gasteiger partial charge in [0.05, 0.1) is 0 Å². The first-order valence-electron chi connectivity index (χ1n) is 6.98. The molecule has 21 heavy (non-hydrogen) atoms. The largest absolute Gasteiger partial charge is 0.381 e. The van der Waals surface area contributed by atoms with Gasteiger partial charge in [-0.1, -0.05) is 40.2 Å². The number of nitrogens with one attached hydrogen (secondary N) is 2. The molecule has 0 bridgehead atoms. The fourth-order valence-corrected chi connectivity index (χ4v) is 2.47. The topological polar surface area (TPSA) is 41.1 Å². The molecule has 0 atom stereocenters. The standard InChI is InChI=1S/C17H19BrN2O/c1-3-19-17(21)13-9-8-12(2)16(10-13)20-11-14-6-4-5-7-15(14)18/h4-10,20H,3,11H2,1-2H3,(H,19,21). The first-order valence-corrected chi connectivity index (χ1v) is 7.77. The van der Waals surface area contributed by atoms with Crippen LogP contribution >= 0.6 is 15.9 Å². The SMILES string of the molecule is CCNC(=O)c1ccc(C)c(NCc2ccccc2Br)c1. The summed E-state index contributed by atoms with van der Waals surface area (Å²) >= 11 is 3.54. The first kappa shape index (κ1) is 15.6. The van der Waals surface area contributed by atoms with Gasteiger partial charge in [-0.3, -0.25) is 4.79 Å². The smallest absolute Gasteiger partial charge is 0.251 e. The molecule has 0 aliphatic carbocycles. The lowest BCUT2D eigenvalue weighted by atomic mass is 10.1. The minimum absolute atomic E-state index is 0.0403. The van der Waals surface area contributed by atoms with Gasteiger partial charge in [-0.25, -0.2) is 0 Å². The van der Waals surface area contributed by atoms with Crippen LogP contribution in [0, 0.1) is 6.92 Å². The zero-order chi connectivity index (χ0) is 15.2. The lowest BCUT2D eigenvalue weighted by Crippen LogP contribution is -2.22. The van der Waals surface area contributed by atoms with Crippen LogP contribution in [0.15, 0.2) is 46.9 Å². The van der Waals surface area contributed by atoms with Crippen LogP contribution in [0.2, 0.25) is 0 Å². The van der Waals surface area contributed by atoms with Gasteiger partial charge in [0.1, 0.15) is 0 Å². The summed E-state index contributed by atoms with van der Waals surface area (Å²) in [6.07, 6.45) is 0. The highest BCUT2D eigenvalue weighted by Gasteiger charge is 2.07. The Morgan fingerprint density at radius 1 is 1.19 bits per heavy atom. The van der Waals surface area contributed by atoms with Crippen molar-refractivity contribution in [3.8, 4) is 0 Å². The second-order valence-corrected chi connectivity index (χ2v) is 5.69. The third kappa shape index (κ3) is 4.08. The van der Waals surface area contributed by atoms with Crippen molar-refractivity contribution in [1.29, 1.82) is 0 Å². The highest BCUT2D eigenvalue weighted by Crippen LogP contribution is 2.21. The molecule has 0 saturated carbocycles. The van der Waals surface area contributed by atoms with Crippen LogP contribution in [-0.2, 0) is 6.54 Å². The Balaban J connectivity index is 2.14. The summed E-state index contributed by atoms with van der Waals surface area (Å²) < 4.78 is 1.08. The van der Waals surface area contributed by atoms with Gasteiger partial charge in [-0.2, -0.15) is 0 Å². The van der Waals surface area contributed by atoms with Gasteiger partial charge in [-0.15, -0.1) is 0 Å². The average Bonchev–Trinajstić information content (AvgIpc) is 2.48. The van der Waals surface area contributed by atoms with Gasteiger partial charge in [0.2, 0.25) is 0 Å². The molecule has 0 saturated heterocycles. The highest BCUT2D eigenvalue weighted by molar-refractivity contribution is 9.10. The van der Waals surface area contributed by atoms with E-state index < -0.39 is 0 Å². The number of carbonyl (C=O) groups excluding carboxylic acids is 1. The molecule has 0 aliphatic heterocycles. The molecule has 0 fully saturated rings. The van der Waals surface area contributed by atoms with Gasteiger partial charge >= 0.3 is 0 Å². The van der Waals surface area contributed by atoms with Crippen LogP contribution in [0.4, 0.5) is 5.69 Å². The third-order valence-corrected chi connectivity index (χ3v) is 4.04. The molecule has 1 amide bonds. The molecule has 0 aromatic heterocycles. The molecular weight excluding hydrogens is 328 g/mol. The van der Waals surface area contributed by atoms with Crippen molar-refractivity contribution in [3.05, 3.63) is 63.6 Å². The second kappa shape index (κ2) is 7.27. The normalized spacial score (nSPS) is 10.2. The van der Waals surface area contributed by atoms with Crippen molar-refractivity contribution in [2.24, 2.45) is 0 Å². The molecule has 0 unspecified atom stereocenters. The molecule has 2 rings (SSSR count). The number of hydrogen-bond donors (Lipinski definition) is 2. The molecule has 0 heterocycles. The molecule has 2 aromatic carbocycles. The zero-order valence-electron chi connectivity index (χ0n) is 12.2. The Kier molecular flexibility index (Phi) is 5.39. The summed E-state index contributed by atoms with van der Waals surface area (Å²) in [7, 11) is 0. The van der Waals surface area contributed by atoms with Crippen molar-refractivity contribution >= 4 is 27.5 Å². The quantitative estimate of drug-likeness (QED) is 0.854. The molecule has 2 N–H and O–H groups in total. The number of amides is 1. The fraction of sp³-hybridized carbons (Fsp3) is 0.235. The Bertz CT molecular complexity index is 640. The maximum absolute atomic E-state index is 11.9. The van der Waals surface area contributed by atoms with Crippen molar-refractivity contribution in [2.45, 2.75) is 20.4 Å². The van der Waals surface area contributed by atoms with Crippen LogP contribution in [0.25, 0.3) is 0 Å². The third-order valence-electron chi connectivity index (χ3n) is 3.26.